The third-order valence-electron chi connectivity index (χ3n) is 2.36. The number of hydrogen-bond donors (Lipinski definition) is 1. The lowest BCUT2D eigenvalue weighted by Crippen LogP contribution is -2.21. The van der Waals surface area contributed by atoms with Crippen molar-refractivity contribution in [2.75, 3.05) is 27.0 Å². The predicted octanol–water partition coefficient (Wildman–Crippen LogP) is 2.99. The number of halogens is 1. The zero-order valence-corrected chi connectivity index (χ0v) is 11.7. The van der Waals surface area contributed by atoms with Gasteiger partial charge in [0.1, 0.15) is 5.75 Å². The van der Waals surface area contributed by atoms with Crippen LogP contribution in [0.15, 0.2) is 22.7 Å². The van der Waals surface area contributed by atoms with Crippen LogP contribution in [0, 0.1) is 0 Å². The molecule has 1 atom stereocenters. The van der Waals surface area contributed by atoms with Gasteiger partial charge in [0.05, 0.1) is 11.6 Å². The summed E-state index contributed by atoms with van der Waals surface area (Å²) in [5.41, 5.74) is 1.24. The Kier molecular flexibility index (Phi) is 4.96. The lowest BCUT2D eigenvalue weighted by Gasteiger charge is -2.23. The zero-order chi connectivity index (χ0) is 11.4. The summed E-state index contributed by atoms with van der Waals surface area (Å²) >= 11 is 7.85. The monoisotopic (exact) mass is 289 g/mol. The standard InChI is InChI=1S/C11H16BrNOS/c1-13(2)10(7-15)8-4-5-11(14-3)9(12)6-8/h4-6,10,15H,7H2,1-3H3. The Morgan fingerprint density at radius 2 is 2.13 bits per heavy atom. The fraction of sp³-hybridized carbons (Fsp3) is 0.455. The van der Waals surface area contributed by atoms with Gasteiger partial charge in [-0.2, -0.15) is 12.6 Å². The minimum absolute atomic E-state index is 0.329. The number of nitrogens with zero attached hydrogens (tertiary/aromatic N) is 1. The molecule has 15 heavy (non-hydrogen) atoms. The van der Waals surface area contributed by atoms with Crippen LogP contribution in [0.25, 0.3) is 0 Å². The van der Waals surface area contributed by atoms with Gasteiger partial charge in [-0.15, -0.1) is 0 Å². The fourth-order valence-corrected chi connectivity index (χ4v) is 2.55. The van der Waals surface area contributed by atoms with E-state index < -0.39 is 0 Å². The molecule has 1 unspecified atom stereocenters. The maximum atomic E-state index is 5.19. The average molecular weight is 290 g/mol. The first kappa shape index (κ1) is 12.9. The Hall–Kier alpha value is -0.190. The van der Waals surface area contributed by atoms with Crippen LogP contribution in [-0.4, -0.2) is 31.9 Å². The molecule has 4 heteroatoms. The van der Waals surface area contributed by atoms with Crippen molar-refractivity contribution >= 4 is 28.6 Å². The molecule has 1 aromatic rings. The molecule has 0 N–H and O–H groups in total. The summed E-state index contributed by atoms with van der Waals surface area (Å²) in [6.07, 6.45) is 0. The molecule has 1 aromatic carbocycles. The molecule has 84 valence electrons. The topological polar surface area (TPSA) is 12.5 Å². The summed E-state index contributed by atoms with van der Waals surface area (Å²) in [6, 6.07) is 6.46. The van der Waals surface area contributed by atoms with Crippen molar-refractivity contribution in [2.45, 2.75) is 6.04 Å². The summed E-state index contributed by atoms with van der Waals surface area (Å²) in [6.45, 7) is 0. The lowest BCUT2D eigenvalue weighted by atomic mass is 10.1. The Morgan fingerprint density at radius 3 is 2.53 bits per heavy atom. The van der Waals surface area contributed by atoms with Crippen molar-refractivity contribution in [2.24, 2.45) is 0 Å². The first-order valence-electron chi connectivity index (χ1n) is 4.71. The second kappa shape index (κ2) is 5.77. The molecule has 0 aliphatic heterocycles. The summed E-state index contributed by atoms with van der Waals surface area (Å²) < 4.78 is 6.18. The van der Waals surface area contributed by atoms with E-state index in [1.54, 1.807) is 7.11 Å². The van der Waals surface area contributed by atoms with Gasteiger partial charge >= 0.3 is 0 Å². The predicted molar refractivity (Wildman–Crippen MR) is 71.0 cm³/mol. The molecule has 2 nitrogen and oxygen atoms in total. The van der Waals surface area contributed by atoms with Crippen molar-refractivity contribution in [1.82, 2.24) is 4.90 Å². The number of benzene rings is 1. The molecule has 0 bridgehead atoms. The molecule has 0 spiro atoms. The second-order valence-electron chi connectivity index (χ2n) is 3.56. The Bertz CT molecular complexity index is 330. The fourth-order valence-electron chi connectivity index (χ4n) is 1.46. The summed E-state index contributed by atoms with van der Waals surface area (Å²) in [5, 5.41) is 0. The van der Waals surface area contributed by atoms with Crippen LogP contribution in [0.4, 0.5) is 0 Å². The highest BCUT2D eigenvalue weighted by Crippen LogP contribution is 2.29. The van der Waals surface area contributed by atoms with Gasteiger partial charge in [-0.05, 0) is 47.7 Å². The largest absolute Gasteiger partial charge is 0.496 e. The van der Waals surface area contributed by atoms with E-state index in [1.807, 2.05) is 6.07 Å². The first-order chi connectivity index (χ1) is 7.10. The number of ether oxygens (including phenoxy) is 1. The van der Waals surface area contributed by atoms with E-state index >= 15 is 0 Å². The lowest BCUT2D eigenvalue weighted by molar-refractivity contribution is 0.326. The van der Waals surface area contributed by atoms with Gasteiger partial charge in [0.25, 0.3) is 0 Å². The van der Waals surface area contributed by atoms with E-state index in [2.05, 4.69) is 59.7 Å². The smallest absolute Gasteiger partial charge is 0.133 e. The van der Waals surface area contributed by atoms with Crippen molar-refractivity contribution in [3.8, 4) is 5.75 Å². The van der Waals surface area contributed by atoms with Crippen molar-refractivity contribution < 1.29 is 4.74 Å². The van der Waals surface area contributed by atoms with Crippen LogP contribution in [0.2, 0.25) is 0 Å². The van der Waals surface area contributed by atoms with E-state index in [0.29, 0.717) is 6.04 Å². The highest BCUT2D eigenvalue weighted by Gasteiger charge is 2.13. The van der Waals surface area contributed by atoms with Crippen LogP contribution in [0.1, 0.15) is 11.6 Å². The van der Waals surface area contributed by atoms with Crippen molar-refractivity contribution in [3.05, 3.63) is 28.2 Å². The van der Waals surface area contributed by atoms with Crippen LogP contribution >= 0.6 is 28.6 Å². The third kappa shape index (κ3) is 3.13. The van der Waals surface area contributed by atoms with E-state index in [0.717, 1.165) is 16.0 Å². The summed E-state index contributed by atoms with van der Waals surface area (Å²) in [5.74, 6) is 1.65. The van der Waals surface area contributed by atoms with Crippen LogP contribution < -0.4 is 4.74 Å². The van der Waals surface area contributed by atoms with Crippen molar-refractivity contribution in [3.63, 3.8) is 0 Å². The maximum absolute atomic E-state index is 5.19. The number of methoxy groups -OCH3 is 1. The molecule has 0 saturated carbocycles. The number of hydrogen-bond acceptors (Lipinski definition) is 3. The summed E-state index contributed by atoms with van der Waals surface area (Å²) in [4.78, 5) is 2.15. The molecular formula is C11H16BrNOS. The Morgan fingerprint density at radius 1 is 1.47 bits per heavy atom. The maximum Gasteiger partial charge on any atom is 0.133 e. The van der Waals surface area contributed by atoms with Crippen LogP contribution in [-0.2, 0) is 0 Å². The minimum Gasteiger partial charge on any atom is -0.496 e. The van der Waals surface area contributed by atoms with Crippen LogP contribution in [0.3, 0.4) is 0 Å². The van der Waals surface area contributed by atoms with Gasteiger partial charge in [-0.25, -0.2) is 0 Å². The molecule has 0 saturated heterocycles. The first-order valence-corrected chi connectivity index (χ1v) is 6.13. The van der Waals surface area contributed by atoms with Crippen LogP contribution in [0.5, 0.6) is 5.75 Å². The summed E-state index contributed by atoms with van der Waals surface area (Å²) in [7, 11) is 5.78. The van der Waals surface area contributed by atoms with Gasteiger partial charge < -0.3 is 9.64 Å². The molecule has 1 rings (SSSR count). The van der Waals surface area contributed by atoms with E-state index in [1.165, 1.54) is 5.56 Å². The highest BCUT2D eigenvalue weighted by molar-refractivity contribution is 9.10. The molecule has 0 heterocycles. The normalized spacial score (nSPS) is 12.9. The third-order valence-corrected chi connectivity index (χ3v) is 3.32. The van der Waals surface area contributed by atoms with E-state index in [9.17, 15) is 0 Å². The SMILES string of the molecule is COc1ccc(C(CS)N(C)C)cc1Br. The highest BCUT2D eigenvalue weighted by atomic mass is 79.9. The number of thiol groups is 1. The molecule has 0 amide bonds. The zero-order valence-electron chi connectivity index (χ0n) is 9.20. The van der Waals surface area contributed by atoms with Gasteiger partial charge in [0.15, 0.2) is 0 Å². The molecular weight excluding hydrogens is 274 g/mol. The van der Waals surface area contributed by atoms with E-state index in [4.69, 9.17) is 4.74 Å². The molecule has 0 radical (unpaired) electrons. The minimum atomic E-state index is 0.329. The molecule has 0 fully saturated rings. The molecule has 0 aliphatic rings. The average Bonchev–Trinajstić information content (AvgIpc) is 2.18. The Balaban J connectivity index is 3.00. The molecule has 0 aromatic heterocycles. The number of rotatable bonds is 4. The van der Waals surface area contributed by atoms with Gasteiger partial charge in [0.2, 0.25) is 0 Å². The second-order valence-corrected chi connectivity index (χ2v) is 4.78. The van der Waals surface area contributed by atoms with Gasteiger partial charge in [0, 0.05) is 11.8 Å². The van der Waals surface area contributed by atoms with Gasteiger partial charge in [-0.3, -0.25) is 0 Å². The van der Waals surface area contributed by atoms with Crippen molar-refractivity contribution in [1.29, 1.82) is 0 Å². The Labute approximate surface area is 105 Å². The molecule has 0 aliphatic carbocycles. The van der Waals surface area contributed by atoms with E-state index in [-0.39, 0.29) is 0 Å². The van der Waals surface area contributed by atoms with Gasteiger partial charge in [-0.1, -0.05) is 6.07 Å². The quantitative estimate of drug-likeness (QED) is 0.856.